The van der Waals surface area contributed by atoms with Crippen LogP contribution in [0.1, 0.15) is 35.7 Å². The molecule has 1 amide bonds. The zero-order valence-corrected chi connectivity index (χ0v) is 16.5. The van der Waals surface area contributed by atoms with Gasteiger partial charge in [0, 0.05) is 11.8 Å². The molecule has 0 spiro atoms. The van der Waals surface area contributed by atoms with E-state index in [-0.39, 0.29) is 17.7 Å². The predicted molar refractivity (Wildman–Crippen MR) is 111 cm³/mol. The largest absolute Gasteiger partial charge is 0.489 e. The first kappa shape index (κ1) is 19.4. The molecule has 6 heteroatoms. The second-order valence-electron chi connectivity index (χ2n) is 6.79. The quantitative estimate of drug-likeness (QED) is 0.641. The third-order valence-electron chi connectivity index (χ3n) is 3.89. The van der Waals surface area contributed by atoms with Gasteiger partial charge >= 0.3 is 0 Å². The lowest BCUT2D eigenvalue weighted by molar-refractivity contribution is 0.102. The Balaban J connectivity index is 1.82. The Labute approximate surface area is 165 Å². The van der Waals surface area contributed by atoms with Crippen LogP contribution in [-0.4, -0.2) is 22.0 Å². The fraction of sp³-hybridized carbons (Fsp3) is 0.227. The number of para-hydroxylation sites is 2. The first-order chi connectivity index (χ1) is 13.4. The lowest BCUT2D eigenvalue weighted by Gasteiger charge is -2.15. The van der Waals surface area contributed by atoms with Crippen LogP contribution >= 0.6 is 0 Å². The third kappa shape index (κ3) is 5.07. The van der Waals surface area contributed by atoms with Gasteiger partial charge in [0.1, 0.15) is 23.1 Å². The lowest BCUT2D eigenvalue weighted by atomic mass is 10.2. The average Bonchev–Trinajstić information content (AvgIpc) is 2.64. The molecular weight excluding hydrogens is 352 g/mol. The number of nitrogens with one attached hydrogen (secondary N) is 2. The van der Waals surface area contributed by atoms with Gasteiger partial charge in [-0.1, -0.05) is 29.8 Å². The fourth-order valence-electron chi connectivity index (χ4n) is 2.64. The molecule has 3 rings (SSSR count). The van der Waals surface area contributed by atoms with Crippen LogP contribution in [0.5, 0.6) is 5.75 Å². The van der Waals surface area contributed by atoms with Crippen molar-refractivity contribution in [2.45, 2.75) is 33.8 Å². The van der Waals surface area contributed by atoms with E-state index in [1.165, 1.54) is 0 Å². The molecule has 6 nitrogen and oxygen atoms in total. The van der Waals surface area contributed by atoms with Crippen LogP contribution < -0.4 is 15.4 Å². The van der Waals surface area contributed by atoms with Crippen molar-refractivity contribution < 1.29 is 9.53 Å². The number of amides is 1. The van der Waals surface area contributed by atoms with Crippen LogP contribution in [0, 0.1) is 13.8 Å². The van der Waals surface area contributed by atoms with E-state index < -0.39 is 0 Å². The highest BCUT2D eigenvalue weighted by Gasteiger charge is 2.13. The number of anilines is 3. The average molecular weight is 376 g/mol. The molecule has 2 N–H and O–H groups in total. The van der Waals surface area contributed by atoms with Gasteiger partial charge in [0.15, 0.2) is 0 Å². The summed E-state index contributed by atoms with van der Waals surface area (Å²) in [6.07, 6.45) is 0.0472. The molecule has 0 saturated carbocycles. The van der Waals surface area contributed by atoms with Gasteiger partial charge in [0.25, 0.3) is 5.91 Å². The first-order valence-corrected chi connectivity index (χ1v) is 9.17. The summed E-state index contributed by atoms with van der Waals surface area (Å²) in [5.41, 5.74) is 2.92. The van der Waals surface area contributed by atoms with Crippen molar-refractivity contribution in [2.75, 3.05) is 10.6 Å². The summed E-state index contributed by atoms with van der Waals surface area (Å²) in [6.45, 7) is 7.70. The van der Waals surface area contributed by atoms with Gasteiger partial charge < -0.3 is 15.4 Å². The van der Waals surface area contributed by atoms with E-state index in [2.05, 4.69) is 20.6 Å². The molecule has 0 aliphatic carbocycles. The zero-order valence-electron chi connectivity index (χ0n) is 16.5. The molecule has 0 unspecified atom stereocenters. The number of rotatable bonds is 6. The number of hydrogen-bond donors (Lipinski definition) is 2. The number of carbonyl (C=O) groups excluding carboxylic acids is 1. The van der Waals surface area contributed by atoms with Crippen molar-refractivity contribution in [1.82, 2.24) is 9.97 Å². The predicted octanol–water partition coefficient (Wildman–Crippen LogP) is 4.88. The minimum absolute atomic E-state index is 0.0472. The van der Waals surface area contributed by atoms with Crippen LogP contribution in [0.2, 0.25) is 0 Å². The molecule has 0 fully saturated rings. The molecule has 1 heterocycles. The van der Waals surface area contributed by atoms with Crippen LogP contribution in [-0.2, 0) is 0 Å². The van der Waals surface area contributed by atoms with E-state index in [1.54, 1.807) is 13.0 Å². The molecular formula is C22H24N4O2. The zero-order chi connectivity index (χ0) is 20.1. The molecule has 3 aromatic rings. The summed E-state index contributed by atoms with van der Waals surface area (Å²) >= 11 is 0. The monoisotopic (exact) mass is 376 g/mol. The van der Waals surface area contributed by atoms with E-state index in [4.69, 9.17) is 4.74 Å². The van der Waals surface area contributed by atoms with Crippen LogP contribution in [0.25, 0.3) is 0 Å². The lowest BCUT2D eigenvalue weighted by Crippen LogP contribution is -2.15. The summed E-state index contributed by atoms with van der Waals surface area (Å²) in [5.74, 6) is 1.46. The van der Waals surface area contributed by atoms with Gasteiger partial charge in [-0.2, -0.15) is 0 Å². The first-order valence-electron chi connectivity index (χ1n) is 9.17. The van der Waals surface area contributed by atoms with Crippen LogP contribution in [0.15, 0.2) is 54.6 Å². The maximum atomic E-state index is 12.6. The van der Waals surface area contributed by atoms with E-state index in [0.717, 1.165) is 22.7 Å². The molecule has 0 atom stereocenters. The van der Waals surface area contributed by atoms with Gasteiger partial charge in [0.05, 0.1) is 11.8 Å². The number of ether oxygens (including phenoxy) is 1. The van der Waals surface area contributed by atoms with E-state index >= 15 is 0 Å². The van der Waals surface area contributed by atoms with Crippen molar-refractivity contribution >= 4 is 23.1 Å². The van der Waals surface area contributed by atoms with Crippen LogP contribution in [0.3, 0.4) is 0 Å². The van der Waals surface area contributed by atoms with E-state index in [1.807, 2.05) is 69.3 Å². The second-order valence-corrected chi connectivity index (χ2v) is 6.79. The Morgan fingerprint density at radius 3 is 2.43 bits per heavy atom. The Hall–Kier alpha value is -3.41. The second kappa shape index (κ2) is 8.52. The normalized spacial score (nSPS) is 10.6. The minimum Gasteiger partial charge on any atom is -0.489 e. The minimum atomic E-state index is -0.288. The van der Waals surface area contributed by atoms with Gasteiger partial charge in [0.2, 0.25) is 0 Å². The molecule has 0 aliphatic heterocycles. The van der Waals surface area contributed by atoms with Crippen molar-refractivity contribution in [3.8, 4) is 5.75 Å². The summed E-state index contributed by atoms with van der Waals surface area (Å²) in [7, 11) is 0. The maximum absolute atomic E-state index is 12.6. The fourth-order valence-corrected chi connectivity index (χ4v) is 2.64. The van der Waals surface area contributed by atoms with Gasteiger partial charge in [-0.25, -0.2) is 9.97 Å². The number of aryl methyl sites for hydroxylation is 2. The highest BCUT2D eigenvalue weighted by molar-refractivity contribution is 6.03. The van der Waals surface area contributed by atoms with E-state index in [9.17, 15) is 4.79 Å². The third-order valence-corrected chi connectivity index (χ3v) is 3.89. The smallest absolute Gasteiger partial charge is 0.274 e. The SMILES string of the molecule is Cc1ccc(NC(=O)c2cc(Nc3ccccc3OC(C)C)nc(C)n2)cc1. The Bertz CT molecular complexity index is 969. The van der Waals surface area contributed by atoms with Crippen molar-refractivity contribution in [3.05, 3.63) is 71.7 Å². The maximum Gasteiger partial charge on any atom is 0.274 e. The van der Waals surface area contributed by atoms with Crippen molar-refractivity contribution in [3.63, 3.8) is 0 Å². The highest BCUT2D eigenvalue weighted by Crippen LogP contribution is 2.28. The molecule has 2 aromatic carbocycles. The van der Waals surface area contributed by atoms with Crippen LogP contribution in [0.4, 0.5) is 17.2 Å². The molecule has 0 radical (unpaired) electrons. The molecule has 28 heavy (non-hydrogen) atoms. The van der Waals surface area contributed by atoms with Gasteiger partial charge in [-0.05, 0) is 52.0 Å². The number of benzene rings is 2. The molecule has 0 saturated heterocycles. The van der Waals surface area contributed by atoms with Crippen molar-refractivity contribution in [1.29, 1.82) is 0 Å². The molecule has 1 aromatic heterocycles. The standard InChI is InChI=1S/C22H24N4O2/c1-14(2)28-20-8-6-5-7-18(20)26-21-13-19(23-16(4)24-21)22(27)25-17-11-9-15(3)10-12-17/h5-14H,1-4H3,(H,25,27)(H,23,24,26). The van der Waals surface area contributed by atoms with Crippen molar-refractivity contribution in [2.24, 2.45) is 0 Å². The molecule has 0 bridgehead atoms. The highest BCUT2D eigenvalue weighted by atomic mass is 16.5. The number of carbonyl (C=O) groups is 1. The Kier molecular flexibility index (Phi) is 5.89. The summed E-state index contributed by atoms with van der Waals surface area (Å²) in [6, 6.07) is 16.9. The molecule has 0 aliphatic rings. The van der Waals surface area contributed by atoms with Gasteiger partial charge in [-0.3, -0.25) is 4.79 Å². The molecule has 144 valence electrons. The summed E-state index contributed by atoms with van der Waals surface area (Å²) in [4.78, 5) is 21.3. The number of aromatic nitrogens is 2. The summed E-state index contributed by atoms with van der Waals surface area (Å²) in [5, 5.41) is 6.09. The topological polar surface area (TPSA) is 76.1 Å². The Morgan fingerprint density at radius 2 is 1.71 bits per heavy atom. The summed E-state index contributed by atoms with van der Waals surface area (Å²) < 4.78 is 5.83. The van der Waals surface area contributed by atoms with Gasteiger partial charge in [-0.15, -0.1) is 0 Å². The number of nitrogens with zero attached hydrogens (tertiary/aromatic N) is 2. The van der Waals surface area contributed by atoms with E-state index in [0.29, 0.717) is 11.6 Å². The number of hydrogen-bond acceptors (Lipinski definition) is 5. The Morgan fingerprint density at radius 1 is 1.00 bits per heavy atom.